The van der Waals surface area contributed by atoms with Crippen LogP contribution in [0.15, 0.2) is 42.5 Å². The summed E-state index contributed by atoms with van der Waals surface area (Å²) in [5, 5.41) is 10.6. The van der Waals surface area contributed by atoms with E-state index < -0.39 is 17.5 Å². The fourth-order valence-electron chi connectivity index (χ4n) is 2.34. The number of esters is 1. The number of nitro benzene ring substituents is 1. The van der Waals surface area contributed by atoms with Gasteiger partial charge in [0, 0.05) is 25.7 Å². The first kappa shape index (κ1) is 20.4. The predicted molar refractivity (Wildman–Crippen MR) is 101 cm³/mol. The third-order valence-corrected chi connectivity index (χ3v) is 4.30. The highest BCUT2D eigenvalue weighted by Crippen LogP contribution is 2.23. The number of halogens is 1. The average Bonchev–Trinajstić information content (AvgIpc) is 2.66. The highest BCUT2D eigenvalue weighted by Gasteiger charge is 2.18. The van der Waals surface area contributed by atoms with Gasteiger partial charge in [0.05, 0.1) is 15.5 Å². The normalized spacial score (nSPS) is 10.3. The van der Waals surface area contributed by atoms with E-state index in [2.05, 4.69) is 6.92 Å². The van der Waals surface area contributed by atoms with Crippen LogP contribution in [0.4, 0.5) is 5.69 Å². The van der Waals surface area contributed by atoms with E-state index in [0.717, 1.165) is 24.1 Å². The van der Waals surface area contributed by atoms with Gasteiger partial charge >= 0.3 is 5.97 Å². The molecule has 2 aromatic rings. The number of likely N-dealkylation sites (N-methyl/N-ethyl adjacent to an activating group) is 1. The molecule has 0 spiro atoms. The van der Waals surface area contributed by atoms with E-state index >= 15 is 0 Å². The number of ether oxygens (including phenoxy) is 1. The van der Waals surface area contributed by atoms with Crippen LogP contribution in [0.1, 0.15) is 28.4 Å². The van der Waals surface area contributed by atoms with Crippen molar-refractivity contribution in [1.82, 2.24) is 4.90 Å². The molecule has 0 aliphatic carbocycles. The first-order valence-electron chi connectivity index (χ1n) is 8.24. The van der Waals surface area contributed by atoms with Crippen molar-refractivity contribution in [3.05, 3.63) is 74.3 Å². The second-order valence-electron chi connectivity index (χ2n) is 5.92. The number of nitro groups is 1. The Kier molecular flexibility index (Phi) is 6.90. The molecular formula is C19H19ClN2O5. The van der Waals surface area contributed by atoms with Gasteiger partial charge in [-0.1, -0.05) is 42.8 Å². The zero-order valence-corrected chi connectivity index (χ0v) is 15.7. The lowest BCUT2D eigenvalue weighted by Crippen LogP contribution is -2.30. The van der Waals surface area contributed by atoms with Gasteiger partial charge in [0.25, 0.3) is 11.6 Å². The molecule has 0 aliphatic rings. The number of carbonyl (C=O) groups excluding carboxylic acids is 2. The van der Waals surface area contributed by atoms with Crippen molar-refractivity contribution in [3.8, 4) is 0 Å². The number of hydrogen-bond acceptors (Lipinski definition) is 5. The van der Waals surface area contributed by atoms with Crippen molar-refractivity contribution < 1.29 is 19.2 Å². The molecule has 0 saturated carbocycles. The number of rotatable bonds is 7. The van der Waals surface area contributed by atoms with Crippen LogP contribution in [-0.2, 0) is 22.5 Å². The fourth-order valence-corrected chi connectivity index (χ4v) is 2.59. The van der Waals surface area contributed by atoms with E-state index in [0.29, 0.717) is 6.54 Å². The number of amides is 1. The van der Waals surface area contributed by atoms with Crippen LogP contribution in [-0.4, -0.2) is 35.4 Å². The highest BCUT2D eigenvalue weighted by atomic mass is 35.5. The molecular weight excluding hydrogens is 372 g/mol. The molecule has 0 unspecified atom stereocenters. The average molecular weight is 391 g/mol. The monoisotopic (exact) mass is 390 g/mol. The van der Waals surface area contributed by atoms with Crippen molar-refractivity contribution in [3.63, 3.8) is 0 Å². The summed E-state index contributed by atoms with van der Waals surface area (Å²) in [6, 6.07) is 11.3. The second kappa shape index (κ2) is 9.14. The number of benzene rings is 2. The zero-order chi connectivity index (χ0) is 20.0. The molecule has 1 amide bonds. The summed E-state index contributed by atoms with van der Waals surface area (Å²) in [4.78, 5) is 35.7. The molecule has 2 rings (SSSR count). The Labute approximate surface area is 161 Å². The topological polar surface area (TPSA) is 89.8 Å². The molecule has 0 saturated heterocycles. The lowest BCUT2D eigenvalue weighted by Gasteiger charge is -2.17. The summed E-state index contributed by atoms with van der Waals surface area (Å²) in [5.74, 6) is -1.19. The molecule has 0 aromatic heterocycles. The highest BCUT2D eigenvalue weighted by molar-refractivity contribution is 6.33. The summed E-state index contributed by atoms with van der Waals surface area (Å²) in [6.45, 7) is 2.00. The number of aryl methyl sites for hydroxylation is 1. The van der Waals surface area contributed by atoms with Gasteiger partial charge < -0.3 is 9.64 Å². The third-order valence-electron chi connectivity index (χ3n) is 3.99. The van der Waals surface area contributed by atoms with Crippen LogP contribution in [0, 0.1) is 10.1 Å². The maximum Gasteiger partial charge on any atom is 0.340 e. The second-order valence-corrected chi connectivity index (χ2v) is 6.32. The number of hydrogen-bond donors (Lipinski definition) is 0. The zero-order valence-electron chi connectivity index (χ0n) is 15.0. The molecule has 0 heterocycles. The molecule has 0 atom stereocenters. The summed E-state index contributed by atoms with van der Waals surface area (Å²) in [6.07, 6.45) is 0.941. The van der Waals surface area contributed by atoms with E-state index in [9.17, 15) is 19.7 Å². The Morgan fingerprint density at radius 2 is 1.78 bits per heavy atom. The summed E-state index contributed by atoms with van der Waals surface area (Å²) >= 11 is 5.88. The van der Waals surface area contributed by atoms with Gasteiger partial charge in [-0.3, -0.25) is 14.9 Å². The van der Waals surface area contributed by atoms with Crippen LogP contribution in [0.3, 0.4) is 0 Å². The van der Waals surface area contributed by atoms with Gasteiger partial charge in [-0.15, -0.1) is 0 Å². The lowest BCUT2D eigenvalue weighted by atomic mass is 10.1. The summed E-state index contributed by atoms with van der Waals surface area (Å²) < 4.78 is 4.98. The minimum atomic E-state index is -0.816. The Bertz CT molecular complexity index is 852. The molecule has 0 fully saturated rings. The van der Waals surface area contributed by atoms with E-state index in [4.69, 9.17) is 16.3 Å². The predicted octanol–water partition coefficient (Wildman–Crippen LogP) is 3.63. The van der Waals surface area contributed by atoms with E-state index in [1.807, 2.05) is 24.3 Å². The summed E-state index contributed by atoms with van der Waals surface area (Å²) in [5.41, 5.74) is 1.91. The van der Waals surface area contributed by atoms with Crippen LogP contribution in [0.2, 0.25) is 5.02 Å². The van der Waals surface area contributed by atoms with Gasteiger partial charge in [-0.2, -0.15) is 0 Å². The maximum atomic E-state index is 12.2. The Balaban J connectivity index is 1.91. The van der Waals surface area contributed by atoms with E-state index in [-0.39, 0.29) is 22.2 Å². The third kappa shape index (κ3) is 5.52. The van der Waals surface area contributed by atoms with Gasteiger partial charge in [0.1, 0.15) is 0 Å². The first-order valence-corrected chi connectivity index (χ1v) is 8.62. The van der Waals surface area contributed by atoms with E-state index in [1.54, 1.807) is 7.05 Å². The van der Waals surface area contributed by atoms with Crippen molar-refractivity contribution in [2.75, 3.05) is 13.7 Å². The van der Waals surface area contributed by atoms with Crippen molar-refractivity contribution in [1.29, 1.82) is 0 Å². The molecule has 2 aromatic carbocycles. The molecule has 0 N–H and O–H groups in total. The molecule has 8 heteroatoms. The smallest absolute Gasteiger partial charge is 0.340 e. The molecule has 0 bridgehead atoms. The quantitative estimate of drug-likeness (QED) is 0.409. The lowest BCUT2D eigenvalue weighted by molar-refractivity contribution is -0.384. The van der Waals surface area contributed by atoms with Crippen LogP contribution in [0.5, 0.6) is 0 Å². The van der Waals surface area contributed by atoms with Crippen LogP contribution < -0.4 is 0 Å². The molecule has 7 nitrogen and oxygen atoms in total. The fraction of sp³-hybridized carbons (Fsp3) is 0.263. The number of carbonyl (C=O) groups is 2. The van der Waals surface area contributed by atoms with Gasteiger partial charge in [0.2, 0.25) is 0 Å². The SMILES string of the molecule is CCc1ccc(CN(C)C(=O)COC(=O)c2ccc([N+](=O)[O-])cc2Cl)cc1. The van der Waals surface area contributed by atoms with Crippen molar-refractivity contribution in [2.24, 2.45) is 0 Å². The largest absolute Gasteiger partial charge is 0.452 e. The number of nitrogens with zero attached hydrogens (tertiary/aromatic N) is 2. The van der Waals surface area contributed by atoms with Gasteiger partial charge in [-0.05, 0) is 23.6 Å². The van der Waals surface area contributed by atoms with Crippen molar-refractivity contribution >= 4 is 29.2 Å². The van der Waals surface area contributed by atoms with Crippen LogP contribution in [0.25, 0.3) is 0 Å². The summed E-state index contributed by atoms with van der Waals surface area (Å²) in [7, 11) is 1.61. The van der Waals surface area contributed by atoms with Gasteiger partial charge in [-0.25, -0.2) is 4.79 Å². The number of non-ortho nitro benzene ring substituents is 1. The van der Waals surface area contributed by atoms with E-state index in [1.165, 1.54) is 16.5 Å². The standard InChI is InChI=1S/C19H19ClN2O5/c1-3-13-4-6-14(7-5-13)11-21(2)18(23)12-27-19(24)16-9-8-15(22(25)26)10-17(16)20/h4-10H,3,11-12H2,1-2H3. The molecule has 0 radical (unpaired) electrons. The van der Waals surface area contributed by atoms with Crippen LogP contribution >= 0.6 is 11.6 Å². The minimum absolute atomic E-state index is 0.0344. The Morgan fingerprint density at radius 3 is 2.33 bits per heavy atom. The Hall–Kier alpha value is -2.93. The molecule has 27 heavy (non-hydrogen) atoms. The Morgan fingerprint density at radius 1 is 1.15 bits per heavy atom. The first-order chi connectivity index (χ1) is 12.8. The minimum Gasteiger partial charge on any atom is -0.452 e. The van der Waals surface area contributed by atoms with Crippen molar-refractivity contribution in [2.45, 2.75) is 19.9 Å². The molecule has 142 valence electrons. The molecule has 0 aliphatic heterocycles. The maximum absolute atomic E-state index is 12.2. The van der Waals surface area contributed by atoms with Gasteiger partial charge in [0.15, 0.2) is 6.61 Å².